The molecule has 0 heterocycles. The molecule has 0 atom stereocenters. The number of carbonyl (C=O) groups is 1. The SMILES string of the molecule is O=Cc1cc(F)cc(Cl)c1F. The minimum atomic E-state index is -0.886. The third-order valence-electron chi connectivity index (χ3n) is 1.15. The van der Waals surface area contributed by atoms with Gasteiger partial charge in [0.25, 0.3) is 0 Å². The summed E-state index contributed by atoms with van der Waals surface area (Å²) in [5.41, 5.74) is -0.366. The molecule has 1 rings (SSSR count). The maximum absolute atomic E-state index is 12.7. The lowest BCUT2D eigenvalue weighted by atomic mass is 10.2. The monoisotopic (exact) mass is 176 g/mol. The van der Waals surface area contributed by atoms with Crippen molar-refractivity contribution in [1.82, 2.24) is 0 Å². The molecule has 11 heavy (non-hydrogen) atoms. The van der Waals surface area contributed by atoms with Crippen LogP contribution in [0.4, 0.5) is 8.78 Å². The number of hydrogen-bond acceptors (Lipinski definition) is 1. The molecule has 0 aliphatic carbocycles. The van der Waals surface area contributed by atoms with Crippen molar-refractivity contribution in [3.8, 4) is 0 Å². The average molecular weight is 177 g/mol. The van der Waals surface area contributed by atoms with Crippen molar-refractivity contribution in [1.29, 1.82) is 0 Å². The fourth-order valence-electron chi connectivity index (χ4n) is 0.662. The van der Waals surface area contributed by atoms with Gasteiger partial charge in [-0.25, -0.2) is 8.78 Å². The van der Waals surface area contributed by atoms with Gasteiger partial charge >= 0.3 is 0 Å². The topological polar surface area (TPSA) is 17.1 Å². The van der Waals surface area contributed by atoms with Gasteiger partial charge in [-0.1, -0.05) is 11.6 Å². The van der Waals surface area contributed by atoms with Gasteiger partial charge < -0.3 is 0 Å². The van der Waals surface area contributed by atoms with Crippen LogP contribution in [0.1, 0.15) is 10.4 Å². The molecule has 0 aliphatic rings. The van der Waals surface area contributed by atoms with E-state index in [1.807, 2.05) is 0 Å². The molecule has 0 aromatic heterocycles. The van der Waals surface area contributed by atoms with E-state index in [1.54, 1.807) is 0 Å². The van der Waals surface area contributed by atoms with E-state index in [2.05, 4.69) is 0 Å². The van der Waals surface area contributed by atoms with Crippen LogP contribution in [0, 0.1) is 11.6 Å². The van der Waals surface area contributed by atoms with Crippen molar-refractivity contribution in [2.45, 2.75) is 0 Å². The van der Waals surface area contributed by atoms with Crippen LogP contribution in [0.2, 0.25) is 5.02 Å². The van der Waals surface area contributed by atoms with Crippen molar-refractivity contribution in [2.24, 2.45) is 0 Å². The Morgan fingerprint density at radius 1 is 1.36 bits per heavy atom. The molecule has 0 saturated heterocycles. The smallest absolute Gasteiger partial charge is 0.153 e. The highest BCUT2D eigenvalue weighted by molar-refractivity contribution is 6.31. The van der Waals surface area contributed by atoms with E-state index in [0.717, 1.165) is 12.1 Å². The zero-order valence-corrected chi connectivity index (χ0v) is 6.03. The van der Waals surface area contributed by atoms with Gasteiger partial charge in [-0.15, -0.1) is 0 Å². The molecule has 0 N–H and O–H groups in total. The van der Waals surface area contributed by atoms with E-state index in [9.17, 15) is 13.6 Å². The number of halogens is 3. The fourth-order valence-corrected chi connectivity index (χ4v) is 0.875. The molecule has 0 amide bonds. The van der Waals surface area contributed by atoms with Crippen LogP contribution in [0.25, 0.3) is 0 Å². The van der Waals surface area contributed by atoms with Crippen molar-refractivity contribution >= 4 is 17.9 Å². The second-order valence-electron chi connectivity index (χ2n) is 1.91. The quantitative estimate of drug-likeness (QED) is 0.475. The standard InChI is InChI=1S/C7H3ClF2O/c8-6-2-5(9)1-4(3-11)7(6)10/h1-3H. The minimum absolute atomic E-state index is 0.213. The second kappa shape index (κ2) is 2.96. The summed E-state index contributed by atoms with van der Waals surface area (Å²) in [7, 11) is 0. The Labute approximate surface area is 66.6 Å². The highest BCUT2D eigenvalue weighted by atomic mass is 35.5. The van der Waals surface area contributed by atoms with Gasteiger partial charge in [-0.3, -0.25) is 4.79 Å². The molecule has 58 valence electrons. The summed E-state index contributed by atoms with van der Waals surface area (Å²) in [6, 6.07) is 1.60. The lowest BCUT2D eigenvalue weighted by Crippen LogP contribution is -1.90. The third-order valence-corrected chi connectivity index (χ3v) is 1.42. The van der Waals surface area contributed by atoms with Gasteiger partial charge in [0.15, 0.2) is 12.1 Å². The van der Waals surface area contributed by atoms with E-state index in [1.165, 1.54) is 0 Å². The first-order valence-corrected chi connectivity index (χ1v) is 3.12. The fraction of sp³-hybridized carbons (Fsp3) is 0. The van der Waals surface area contributed by atoms with E-state index in [-0.39, 0.29) is 16.9 Å². The zero-order chi connectivity index (χ0) is 8.43. The first-order valence-electron chi connectivity index (χ1n) is 2.75. The van der Waals surface area contributed by atoms with Gasteiger partial charge in [0.05, 0.1) is 10.6 Å². The van der Waals surface area contributed by atoms with E-state index in [4.69, 9.17) is 11.6 Å². The Kier molecular flexibility index (Phi) is 2.19. The first kappa shape index (κ1) is 8.14. The largest absolute Gasteiger partial charge is 0.298 e. The van der Waals surface area contributed by atoms with Crippen molar-refractivity contribution < 1.29 is 13.6 Å². The lowest BCUT2D eigenvalue weighted by molar-refractivity contribution is 0.111. The van der Waals surface area contributed by atoms with Crippen molar-refractivity contribution in [3.63, 3.8) is 0 Å². The molecule has 1 nitrogen and oxygen atoms in total. The number of carbonyl (C=O) groups excluding carboxylic acids is 1. The summed E-state index contributed by atoms with van der Waals surface area (Å²) in [6.45, 7) is 0. The first-order chi connectivity index (χ1) is 5.15. The van der Waals surface area contributed by atoms with Crippen LogP contribution in [-0.2, 0) is 0 Å². The molecule has 0 saturated carbocycles. The summed E-state index contributed by atoms with van der Waals surface area (Å²) in [5.74, 6) is -1.61. The highest BCUT2D eigenvalue weighted by Crippen LogP contribution is 2.18. The minimum Gasteiger partial charge on any atom is -0.298 e. The van der Waals surface area contributed by atoms with E-state index >= 15 is 0 Å². The predicted octanol–water partition coefficient (Wildman–Crippen LogP) is 2.43. The number of benzene rings is 1. The van der Waals surface area contributed by atoms with Gasteiger partial charge in [-0.05, 0) is 12.1 Å². The Morgan fingerprint density at radius 3 is 2.55 bits per heavy atom. The van der Waals surface area contributed by atoms with E-state index < -0.39 is 11.6 Å². The van der Waals surface area contributed by atoms with E-state index in [0.29, 0.717) is 0 Å². The predicted molar refractivity (Wildman–Crippen MR) is 36.8 cm³/mol. The van der Waals surface area contributed by atoms with Crippen LogP contribution < -0.4 is 0 Å². The molecule has 0 bridgehead atoms. The molecule has 0 spiro atoms. The van der Waals surface area contributed by atoms with Crippen molar-refractivity contribution in [3.05, 3.63) is 34.4 Å². The normalized spacial score (nSPS) is 9.73. The molecule has 0 fully saturated rings. The molecule has 0 unspecified atom stereocenters. The van der Waals surface area contributed by atoms with Crippen LogP contribution in [-0.4, -0.2) is 6.29 Å². The molecular formula is C7H3ClF2O. The third kappa shape index (κ3) is 1.54. The molecule has 1 aromatic rings. The molecule has 4 heteroatoms. The second-order valence-corrected chi connectivity index (χ2v) is 2.32. The summed E-state index contributed by atoms with van der Waals surface area (Å²) in [6.07, 6.45) is 0.213. The number of aldehydes is 1. The summed E-state index contributed by atoms with van der Waals surface area (Å²) >= 11 is 5.22. The van der Waals surface area contributed by atoms with Crippen LogP contribution in [0.5, 0.6) is 0 Å². The van der Waals surface area contributed by atoms with Crippen molar-refractivity contribution in [2.75, 3.05) is 0 Å². The average Bonchev–Trinajstić information content (AvgIpc) is 1.96. The summed E-state index contributed by atoms with van der Waals surface area (Å²) < 4.78 is 25.0. The van der Waals surface area contributed by atoms with Crippen LogP contribution in [0.15, 0.2) is 12.1 Å². The van der Waals surface area contributed by atoms with Gasteiger partial charge in [0, 0.05) is 0 Å². The van der Waals surface area contributed by atoms with Gasteiger partial charge in [0.1, 0.15) is 5.82 Å². The Balaban J connectivity index is 3.35. The zero-order valence-electron chi connectivity index (χ0n) is 5.27. The maximum atomic E-state index is 12.7. The molecule has 1 aromatic carbocycles. The Morgan fingerprint density at radius 2 is 2.00 bits per heavy atom. The number of hydrogen-bond donors (Lipinski definition) is 0. The summed E-state index contributed by atoms with van der Waals surface area (Å²) in [5, 5.41) is -0.382. The summed E-state index contributed by atoms with van der Waals surface area (Å²) in [4.78, 5) is 10.1. The lowest BCUT2D eigenvalue weighted by Gasteiger charge is -1.96. The molecule has 0 radical (unpaired) electrons. The maximum Gasteiger partial charge on any atom is 0.153 e. The number of rotatable bonds is 1. The Bertz CT molecular complexity index is 299. The van der Waals surface area contributed by atoms with Crippen LogP contribution in [0.3, 0.4) is 0 Å². The van der Waals surface area contributed by atoms with Crippen LogP contribution >= 0.6 is 11.6 Å². The van der Waals surface area contributed by atoms with Gasteiger partial charge in [0.2, 0.25) is 0 Å². The molecule has 0 aliphatic heterocycles. The molecular weight excluding hydrogens is 174 g/mol. The highest BCUT2D eigenvalue weighted by Gasteiger charge is 2.07. The Hall–Kier alpha value is -0.960. The van der Waals surface area contributed by atoms with Gasteiger partial charge in [-0.2, -0.15) is 0 Å².